The molecular weight excluding hydrogens is 280 g/mol. The number of carbonyl (C=O) groups is 2. The summed E-state index contributed by atoms with van der Waals surface area (Å²) in [6, 6.07) is 3.76. The standard InChI is InChI=1S/C16H24N4O2/c1-12-7-9-17-14(11-12)20-15(21)8-10-18-16(22)19-13-5-3-2-4-6-13/h7,9,11,13H,2-6,8,10H2,1H3,(H,17,20,21)(H2,18,19,22). The van der Waals surface area contributed by atoms with Crippen LogP contribution >= 0.6 is 0 Å². The summed E-state index contributed by atoms with van der Waals surface area (Å²) < 4.78 is 0. The Labute approximate surface area is 131 Å². The zero-order chi connectivity index (χ0) is 15.8. The van der Waals surface area contributed by atoms with Crippen molar-refractivity contribution < 1.29 is 9.59 Å². The lowest BCUT2D eigenvalue weighted by Gasteiger charge is -2.22. The van der Waals surface area contributed by atoms with E-state index < -0.39 is 0 Å². The van der Waals surface area contributed by atoms with Gasteiger partial charge in [-0.25, -0.2) is 9.78 Å². The number of aryl methyl sites for hydroxylation is 1. The van der Waals surface area contributed by atoms with Crippen LogP contribution in [0.3, 0.4) is 0 Å². The van der Waals surface area contributed by atoms with Crippen molar-refractivity contribution in [3.8, 4) is 0 Å². The summed E-state index contributed by atoms with van der Waals surface area (Å²) in [7, 11) is 0. The second-order valence-electron chi connectivity index (χ2n) is 5.75. The van der Waals surface area contributed by atoms with E-state index in [1.54, 1.807) is 12.3 Å². The van der Waals surface area contributed by atoms with Gasteiger partial charge in [0.2, 0.25) is 5.91 Å². The fourth-order valence-electron chi connectivity index (χ4n) is 2.58. The van der Waals surface area contributed by atoms with Crippen LogP contribution in [0.2, 0.25) is 0 Å². The average Bonchev–Trinajstić information content (AvgIpc) is 2.48. The van der Waals surface area contributed by atoms with Crippen molar-refractivity contribution in [1.82, 2.24) is 15.6 Å². The minimum atomic E-state index is -0.187. The largest absolute Gasteiger partial charge is 0.338 e. The molecule has 6 heteroatoms. The topological polar surface area (TPSA) is 83.1 Å². The molecule has 0 aromatic carbocycles. The van der Waals surface area contributed by atoms with Crippen LogP contribution in [0.15, 0.2) is 18.3 Å². The highest BCUT2D eigenvalue weighted by atomic mass is 16.2. The summed E-state index contributed by atoms with van der Waals surface area (Å²) in [6.45, 7) is 2.25. The zero-order valence-electron chi connectivity index (χ0n) is 13.0. The summed E-state index contributed by atoms with van der Waals surface area (Å²) in [5.41, 5.74) is 1.04. The van der Waals surface area contributed by atoms with Gasteiger partial charge in [-0.2, -0.15) is 0 Å². The van der Waals surface area contributed by atoms with Crippen LogP contribution in [0, 0.1) is 6.92 Å². The Hall–Kier alpha value is -2.11. The summed E-state index contributed by atoms with van der Waals surface area (Å²) in [5.74, 6) is 0.382. The first-order valence-electron chi connectivity index (χ1n) is 7.90. The van der Waals surface area contributed by atoms with Crippen molar-refractivity contribution in [2.24, 2.45) is 0 Å². The number of amides is 3. The van der Waals surface area contributed by atoms with Gasteiger partial charge in [-0.3, -0.25) is 4.79 Å². The Morgan fingerprint density at radius 1 is 1.27 bits per heavy atom. The Balaban J connectivity index is 1.63. The van der Waals surface area contributed by atoms with Crippen LogP contribution in [0.5, 0.6) is 0 Å². The molecule has 22 heavy (non-hydrogen) atoms. The van der Waals surface area contributed by atoms with Gasteiger partial charge >= 0.3 is 6.03 Å². The van der Waals surface area contributed by atoms with E-state index in [-0.39, 0.29) is 24.4 Å². The van der Waals surface area contributed by atoms with Crippen LogP contribution in [-0.2, 0) is 4.79 Å². The number of nitrogens with one attached hydrogen (secondary N) is 3. The molecule has 3 N–H and O–H groups in total. The number of carbonyl (C=O) groups excluding carboxylic acids is 2. The molecule has 2 rings (SSSR count). The molecule has 1 fully saturated rings. The fraction of sp³-hybridized carbons (Fsp3) is 0.562. The highest BCUT2D eigenvalue weighted by Gasteiger charge is 2.15. The smallest absolute Gasteiger partial charge is 0.315 e. The molecule has 1 heterocycles. The molecular formula is C16H24N4O2. The Morgan fingerprint density at radius 3 is 2.77 bits per heavy atom. The molecule has 1 aliphatic rings. The second kappa shape index (κ2) is 8.36. The summed E-state index contributed by atoms with van der Waals surface area (Å²) >= 11 is 0. The Kier molecular flexibility index (Phi) is 6.18. The van der Waals surface area contributed by atoms with E-state index in [4.69, 9.17) is 0 Å². The maximum atomic E-state index is 11.8. The first kappa shape index (κ1) is 16.3. The molecule has 6 nitrogen and oxygen atoms in total. The SMILES string of the molecule is Cc1ccnc(NC(=O)CCNC(=O)NC2CCCCC2)c1. The van der Waals surface area contributed by atoms with Crippen molar-refractivity contribution >= 4 is 17.8 Å². The van der Waals surface area contributed by atoms with E-state index in [9.17, 15) is 9.59 Å². The molecule has 3 amide bonds. The molecule has 0 bridgehead atoms. The van der Waals surface area contributed by atoms with Gasteiger partial charge in [-0.15, -0.1) is 0 Å². The van der Waals surface area contributed by atoms with Gasteiger partial charge in [-0.1, -0.05) is 19.3 Å². The molecule has 0 spiro atoms. The maximum absolute atomic E-state index is 11.8. The lowest BCUT2D eigenvalue weighted by atomic mass is 9.96. The van der Waals surface area contributed by atoms with Crippen LogP contribution < -0.4 is 16.0 Å². The number of rotatable bonds is 5. The van der Waals surface area contributed by atoms with Crippen LogP contribution in [0.1, 0.15) is 44.1 Å². The summed E-state index contributed by atoms with van der Waals surface area (Å²) in [5, 5.41) is 8.40. The normalized spacial score (nSPS) is 15.1. The lowest BCUT2D eigenvalue weighted by Crippen LogP contribution is -2.43. The van der Waals surface area contributed by atoms with Crippen LogP contribution in [-0.4, -0.2) is 29.5 Å². The summed E-state index contributed by atoms with van der Waals surface area (Å²) in [4.78, 5) is 27.6. The third-order valence-electron chi connectivity index (χ3n) is 3.76. The van der Waals surface area contributed by atoms with Gasteiger partial charge in [-0.05, 0) is 37.5 Å². The van der Waals surface area contributed by atoms with Crippen molar-refractivity contribution in [2.75, 3.05) is 11.9 Å². The van der Waals surface area contributed by atoms with E-state index in [1.165, 1.54) is 19.3 Å². The summed E-state index contributed by atoms with van der Waals surface area (Å²) in [6.07, 6.45) is 7.59. The number of anilines is 1. The number of nitrogens with zero attached hydrogens (tertiary/aromatic N) is 1. The monoisotopic (exact) mass is 304 g/mol. The number of pyridine rings is 1. The quantitative estimate of drug-likeness (QED) is 0.781. The third kappa shape index (κ3) is 5.71. The highest BCUT2D eigenvalue weighted by Crippen LogP contribution is 2.17. The van der Waals surface area contributed by atoms with Gasteiger partial charge < -0.3 is 16.0 Å². The fourth-order valence-corrected chi connectivity index (χ4v) is 2.58. The molecule has 0 aliphatic heterocycles. The molecule has 1 aromatic heterocycles. The van der Waals surface area contributed by atoms with Crippen LogP contribution in [0.4, 0.5) is 10.6 Å². The second-order valence-corrected chi connectivity index (χ2v) is 5.75. The highest BCUT2D eigenvalue weighted by molar-refractivity contribution is 5.90. The van der Waals surface area contributed by atoms with Crippen molar-refractivity contribution in [1.29, 1.82) is 0 Å². The first-order chi connectivity index (χ1) is 10.6. The van der Waals surface area contributed by atoms with Gasteiger partial charge in [0, 0.05) is 25.2 Å². The van der Waals surface area contributed by atoms with E-state index in [1.807, 2.05) is 13.0 Å². The molecule has 0 unspecified atom stereocenters. The van der Waals surface area contributed by atoms with Gasteiger partial charge in [0.1, 0.15) is 5.82 Å². The number of urea groups is 1. The van der Waals surface area contributed by atoms with E-state index in [0.29, 0.717) is 12.4 Å². The molecule has 0 saturated heterocycles. The van der Waals surface area contributed by atoms with Gasteiger partial charge in [0.15, 0.2) is 0 Å². The third-order valence-corrected chi connectivity index (χ3v) is 3.76. The number of hydrogen-bond acceptors (Lipinski definition) is 3. The van der Waals surface area contributed by atoms with Crippen molar-refractivity contribution in [2.45, 2.75) is 51.5 Å². The molecule has 0 atom stereocenters. The molecule has 0 radical (unpaired) electrons. The van der Waals surface area contributed by atoms with Crippen molar-refractivity contribution in [3.05, 3.63) is 23.9 Å². The number of aromatic nitrogens is 1. The number of hydrogen-bond donors (Lipinski definition) is 3. The lowest BCUT2D eigenvalue weighted by molar-refractivity contribution is -0.116. The Morgan fingerprint density at radius 2 is 2.05 bits per heavy atom. The maximum Gasteiger partial charge on any atom is 0.315 e. The predicted molar refractivity (Wildman–Crippen MR) is 85.6 cm³/mol. The van der Waals surface area contributed by atoms with E-state index >= 15 is 0 Å². The van der Waals surface area contributed by atoms with Crippen molar-refractivity contribution in [3.63, 3.8) is 0 Å². The minimum absolute atomic E-state index is 0.156. The van der Waals surface area contributed by atoms with Crippen LogP contribution in [0.25, 0.3) is 0 Å². The molecule has 120 valence electrons. The average molecular weight is 304 g/mol. The van der Waals surface area contributed by atoms with Gasteiger partial charge in [0.05, 0.1) is 0 Å². The first-order valence-corrected chi connectivity index (χ1v) is 7.90. The predicted octanol–water partition coefficient (Wildman–Crippen LogP) is 2.35. The minimum Gasteiger partial charge on any atom is -0.338 e. The molecule has 1 aromatic rings. The van der Waals surface area contributed by atoms with E-state index in [2.05, 4.69) is 20.9 Å². The molecule has 1 aliphatic carbocycles. The van der Waals surface area contributed by atoms with Gasteiger partial charge in [0.25, 0.3) is 0 Å². The zero-order valence-corrected chi connectivity index (χ0v) is 13.0. The molecule has 1 saturated carbocycles. The Bertz CT molecular complexity index is 513. The van der Waals surface area contributed by atoms with E-state index in [0.717, 1.165) is 18.4 Å².